The minimum absolute atomic E-state index is 0.0662. The van der Waals surface area contributed by atoms with Gasteiger partial charge in [0.15, 0.2) is 5.82 Å². The fraction of sp³-hybridized carbons (Fsp3) is 0.207. The SMILES string of the molecule is c1ccc(-c2nc(-c3cccc(-c4cccc(-c5ccc6c(c5)C5(CCCCC5)c5cc7c(cc5-6)C5(CCCCC5)c5ccccc5-7)c4)c3)nc3oc4ccccc4c23)cc1. The maximum atomic E-state index is 6.36. The molecule has 0 saturated heterocycles. The van der Waals surface area contributed by atoms with E-state index in [2.05, 4.69) is 133 Å². The van der Waals surface area contributed by atoms with Gasteiger partial charge in [0.1, 0.15) is 5.58 Å². The number of para-hydroxylation sites is 1. The molecule has 294 valence electrons. The first-order valence-electron chi connectivity index (χ1n) is 22.6. The number of fused-ring (bicyclic) bond motifs is 13. The second-order valence-corrected chi connectivity index (χ2v) is 18.2. The van der Waals surface area contributed by atoms with Crippen LogP contribution in [0.4, 0.5) is 0 Å². The Morgan fingerprint density at radius 2 is 0.918 bits per heavy atom. The average molecular weight is 787 g/mol. The van der Waals surface area contributed by atoms with Gasteiger partial charge in [-0.1, -0.05) is 160 Å². The Balaban J connectivity index is 0.899. The van der Waals surface area contributed by atoms with Gasteiger partial charge in [0.25, 0.3) is 0 Å². The zero-order valence-corrected chi connectivity index (χ0v) is 34.4. The summed E-state index contributed by atoms with van der Waals surface area (Å²) in [5.41, 5.74) is 21.7. The minimum atomic E-state index is 0.0662. The van der Waals surface area contributed by atoms with E-state index in [-0.39, 0.29) is 10.8 Å². The number of aromatic nitrogens is 2. The van der Waals surface area contributed by atoms with Crippen molar-refractivity contribution >= 4 is 22.1 Å². The fourth-order valence-electron chi connectivity index (χ4n) is 12.3. The summed E-state index contributed by atoms with van der Waals surface area (Å²) in [6.07, 6.45) is 12.9. The van der Waals surface area contributed by atoms with Crippen molar-refractivity contribution in [2.75, 3.05) is 0 Å². The van der Waals surface area contributed by atoms with E-state index in [1.165, 1.54) is 103 Å². The Morgan fingerprint density at radius 1 is 0.377 bits per heavy atom. The molecule has 2 heterocycles. The third-order valence-corrected chi connectivity index (χ3v) is 15.1. The highest BCUT2D eigenvalue weighted by Crippen LogP contribution is 2.62. The summed E-state index contributed by atoms with van der Waals surface area (Å²) >= 11 is 0. The smallest absolute Gasteiger partial charge is 0.231 e. The topological polar surface area (TPSA) is 38.9 Å². The van der Waals surface area contributed by atoms with Gasteiger partial charge < -0.3 is 4.42 Å². The average Bonchev–Trinajstić information content (AvgIpc) is 3.92. The van der Waals surface area contributed by atoms with Crippen LogP contribution in [0.2, 0.25) is 0 Å². The quantitative estimate of drug-likeness (QED) is 0.178. The normalized spacial score (nSPS) is 16.8. The molecule has 2 spiro atoms. The Kier molecular flexibility index (Phi) is 7.77. The van der Waals surface area contributed by atoms with Crippen LogP contribution in [0.1, 0.15) is 86.5 Å². The van der Waals surface area contributed by atoms with Gasteiger partial charge in [-0.3, -0.25) is 0 Å². The lowest BCUT2D eigenvalue weighted by Crippen LogP contribution is -2.29. The number of nitrogens with zero attached hydrogens (tertiary/aromatic N) is 2. The molecule has 7 aromatic carbocycles. The lowest BCUT2D eigenvalue weighted by molar-refractivity contribution is 0.350. The summed E-state index contributed by atoms with van der Waals surface area (Å²) in [7, 11) is 0. The molecule has 0 atom stereocenters. The Morgan fingerprint density at radius 3 is 1.64 bits per heavy atom. The Labute approximate surface area is 357 Å². The van der Waals surface area contributed by atoms with Crippen LogP contribution >= 0.6 is 0 Å². The Bertz CT molecular complexity index is 3210. The zero-order chi connectivity index (χ0) is 40.1. The van der Waals surface area contributed by atoms with E-state index in [0.29, 0.717) is 11.5 Å². The van der Waals surface area contributed by atoms with Crippen molar-refractivity contribution in [1.29, 1.82) is 0 Å². The number of furan rings is 1. The van der Waals surface area contributed by atoms with Crippen molar-refractivity contribution in [2.45, 2.75) is 75.0 Å². The number of hydrogen-bond acceptors (Lipinski definition) is 3. The molecular weight excluding hydrogens is 741 g/mol. The Hall–Kier alpha value is -6.58. The van der Waals surface area contributed by atoms with E-state index in [4.69, 9.17) is 14.4 Å². The molecule has 0 N–H and O–H groups in total. The van der Waals surface area contributed by atoms with Crippen LogP contribution in [0.5, 0.6) is 0 Å². The highest BCUT2D eigenvalue weighted by atomic mass is 16.3. The fourth-order valence-corrected chi connectivity index (χ4v) is 12.3. The molecule has 9 aromatic rings. The first-order valence-corrected chi connectivity index (χ1v) is 22.6. The van der Waals surface area contributed by atoms with Gasteiger partial charge in [-0.15, -0.1) is 0 Å². The molecule has 2 saturated carbocycles. The first kappa shape index (κ1) is 35.2. The maximum Gasteiger partial charge on any atom is 0.231 e. The minimum Gasteiger partial charge on any atom is -0.438 e. The lowest BCUT2D eigenvalue weighted by Gasteiger charge is -2.37. The van der Waals surface area contributed by atoms with Crippen molar-refractivity contribution in [2.24, 2.45) is 0 Å². The van der Waals surface area contributed by atoms with Gasteiger partial charge in [0, 0.05) is 27.3 Å². The van der Waals surface area contributed by atoms with Crippen LogP contribution in [-0.4, -0.2) is 9.97 Å². The van der Waals surface area contributed by atoms with Crippen molar-refractivity contribution < 1.29 is 4.42 Å². The molecule has 4 aliphatic carbocycles. The van der Waals surface area contributed by atoms with E-state index in [1.807, 2.05) is 24.3 Å². The number of rotatable bonds is 4. The molecule has 2 fully saturated rings. The van der Waals surface area contributed by atoms with Crippen LogP contribution in [0.15, 0.2) is 162 Å². The molecule has 4 aliphatic rings. The maximum absolute atomic E-state index is 6.36. The zero-order valence-electron chi connectivity index (χ0n) is 34.4. The van der Waals surface area contributed by atoms with Gasteiger partial charge in [0.05, 0.1) is 11.1 Å². The molecule has 0 amide bonds. The summed E-state index contributed by atoms with van der Waals surface area (Å²) in [4.78, 5) is 10.3. The predicted molar refractivity (Wildman–Crippen MR) is 250 cm³/mol. The summed E-state index contributed by atoms with van der Waals surface area (Å²) in [6.45, 7) is 0. The van der Waals surface area contributed by atoms with Crippen molar-refractivity contribution in [3.63, 3.8) is 0 Å². The van der Waals surface area contributed by atoms with Crippen LogP contribution in [0.3, 0.4) is 0 Å². The molecule has 0 unspecified atom stereocenters. The molecule has 3 nitrogen and oxygen atoms in total. The number of hydrogen-bond donors (Lipinski definition) is 0. The molecular formula is C58H46N2O. The number of benzene rings is 7. The molecule has 2 aromatic heterocycles. The monoisotopic (exact) mass is 786 g/mol. The summed E-state index contributed by atoms with van der Waals surface area (Å²) in [5, 5.41) is 1.98. The van der Waals surface area contributed by atoms with E-state index in [0.717, 1.165) is 38.7 Å². The van der Waals surface area contributed by atoms with Gasteiger partial charge in [-0.25, -0.2) is 4.98 Å². The third kappa shape index (κ3) is 5.22. The van der Waals surface area contributed by atoms with Crippen LogP contribution in [-0.2, 0) is 10.8 Å². The van der Waals surface area contributed by atoms with E-state index in [1.54, 1.807) is 22.3 Å². The second-order valence-electron chi connectivity index (χ2n) is 18.2. The molecule has 13 rings (SSSR count). The summed E-state index contributed by atoms with van der Waals surface area (Å²) in [6, 6.07) is 58.5. The first-order chi connectivity index (χ1) is 30.2. The second kappa shape index (κ2) is 13.5. The highest BCUT2D eigenvalue weighted by molar-refractivity contribution is 6.10. The highest BCUT2D eigenvalue weighted by Gasteiger charge is 2.49. The van der Waals surface area contributed by atoms with Crippen molar-refractivity contribution in [1.82, 2.24) is 9.97 Å². The largest absolute Gasteiger partial charge is 0.438 e. The summed E-state index contributed by atoms with van der Waals surface area (Å²) in [5.74, 6) is 0.656. The predicted octanol–water partition coefficient (Wildman–Crippen LogP) is 15.5. The van der Waals surface area contributed by atoms with E-state index in [9.17, 15) is 0 Å². The van der Waals surface area contributed by atoms with Gasteiger partial charge in [-0.2, -0.15) is 4.98 Å². The lowest BCUT2D eigenvalue weighted by atomic mass is 9.66. The standard InChI is InChI=1S/C58H46N2O/c1-4-16-37(17-5-1)54-53-45-23-7-9-25-52(45)61-56(53)60-55(59-54)42-21-15-20-40(33-42)38-18-14-19-39(32-38)41-26-27-44-47-36-50-46(35-51(47)58(49(44)34-41)30-12-3-13-31-58)43-22-6-8-24-48(43)57(50)28-10-2-11-29-57/h1,4-9,14-27,32-36H,2-3,10-13,28-31H2. The van der Waals surface area contributed by atoms with E-state index >= 15 is 0 Å². The van der Waals surface area contributed by atoms with Gasteiger partial charge in [0.2, 0.25) is 5.71 Å². The van der Waals surface area contributed by atoms with Crippen molar-refractivity contribution in [3.05, 3.63) is 180 Å². The van der Waals surface area contributed by atoms with Crippen LogP contribution in [0.25, 0.3) is 89.2 Å². The van der Waals surface area contributed by atoms with E-state index < -0.39 is 0 Å². The molecule has 3 heteroatoms. The molecule has 0 radical (unpaired) electrons. The summed E-state index contributed by atoms with van der Waals surface area (Å²) < 4.78 is 6.36. The molecule has 61 heavy (non-hydrogen) atoms. The van der Waals surface area contributed by atoms with Gasteiger partial charge >= 0.3 is 0 Å². The van der Waals surface area contributed by atoms with Crippen LogP contribution in [0, 0.1) is 0 Å². The molecule has 0 aliphatic heterocycles. The van der Waals surface area contributed by atoms with Gasteiger partial charge in [-0.05, 0) is 129 Å². The van der Waals surface area contributed by atoms with Crippen LogP contribution < -0.4 is 0 Å². The third-order valence-electron chi connectivity index (χ3n) is 15.1. The van der Waals surface area contributed by atoms with Crippen molar-refractivity contribution in [3.8, 4) is 67.2 Å². The molecule has 0 bridgehead atoms.